The molecule has 0 spiro atoms. The molecule has 2 rings (SSSR count). The van der Waals surface area contributed by atoms with E-state index in [4.69, 9.17) is 16.7 Å². The van der Waals surface area contributed by atoms with Gasteiger partial charge in [-0.2, -0.15) is 0 Å². The summed E-state index contributed by atoms with van der Waals surface area (Å²) in [5.41, 5.74) is 1.93. The van der Waals surface area contributed by atoms with Crippen molar-refractivity contribution in [3.63, 3.8) is 0 Å². The van der Waals surface area contributed by atoms with Gasteiger partial charge >= 0.3 is 5.97 Å². The maximum Gasteiger partial charge on any atom is 0.328 e. The number of carboxylic acid groups (broad SMARTS) is 1. The van der Waals surface area contributed by atoms with Gasteiger partial charge in [0.1, 0.15) is 0 Å². The Kier molecular flexibility index (Phi) is 4.59. The van der Waals surface area contributed by atoms with E-state index in [2.05, 4.69) is 30.7 Å². The molecule has 1 aliphatic heterocycles. The van der Waals surface area contributed by atoms with Gasteiger partial charge in [-0.15, -0.1) is 0 Å². The van der Waals surface area contributed by atoms with E-state index in [1.165, 1.54) is 0 Å². The van der Waals surface area contributed by atoms with Gasteiger partial charge in [-0.25, -0.2) is 4.79 Å². The third kappa shape index (κ3) is 3.77. The summed E-state index contributed by atoms with van der Waals surface area (Å²) in [5, 5.41) is 9.48. The van der Waals surface area contributed by atoms with E-state index >= 15 is 0 Å². The van der Waals surface area contributed by atoms with Crippen molar-refractivity contribution < 1.29 is 9.90 Å². The number of piperazine rings is 1. The number of hydrogen-bond donors (Lipinski definition) is 1. The Balaban J connectivity index is 2.34. The molecule has 1 N–H and O–H groups in total. The minimum Gasteiger partial charge on any atom is -0.478 e. The van der Waals surface area contributed by atoms with Gasteiger partial charge in [-0.1, -0.05) is 17.7 Å². The van der Waals surface area contributed by atoms with Crippen LogP contribution in [-0.2, 0) is 4.79 Å². The van der Waals surface area contributed by atoms with Gasteiger partial charge in [-0.05, 0) is 44.7 Å². The average Bonchev–Trinajstić information content (AvgIpc) is 2.40. The molecule has 1 fully saturated rings. The molecule has 0 aromatic heterocycles. The summed E-state index contributed by atoms with van der Waals surface area (Å²) in [6, 6.07) is 5.56. The second-order valence-electron chi connectivity index (χ2n) is 6.03. The molecule has 1 heterocycles. The molecule has 0 radical (unpaired) electrons. The Hall–Kier alpha value is -1.52. The number of likely N-dealkylation sites (N-methyl/N-ethyl adjacent to an activating group) is 1. The molecule has 114 valence electrons. The van der Waals surface area contributed by atoms with Crippen LogP contribution >= 0.6 is 11.6 Å². The molecule has 0 saturated carbocycles. The second-order valence-corrected chi connectivity index (χ2v) is 6.47. The van der Waals surface area contributed by atoms with Crippen LogP contribution in [0.3, 0.4) is 0 Å². The number of halogens is 1. The SMILES string of the molecule is CN1CCN(c2cc(Cl)ccc2/C=C/C(=O)O)CC1(C)C. The first kappa shape index (κ1) is 15.9. The lowest BCUT2D eigenvalue weighted by Gasteiger charge is -2.46. The van der Waals surface area contributed by atoms with Crippen LogP contribution in [0, 0.1) is 0 Å². The van der Waals surface area contributed by atoms with Crippen molar-refractivity contribution in [2.75, 3.05) is 31.6 Å². The summed E-state index contributed by atoms with van der Waals surface area (Å²) in [6.45, 7) is 7.14. The fourth-order valence-electron chi connectivity index (χ4n) is 2.54. The van der Waals surface area contributed by atoms with E-state index in [9.17, 15) is 4.79 Å². The van der Waals surface area contributed by atoms with E-state index in [1.807, 2.05) is 12.1 Å². The quantitative estimate of drug-likeness (QED) is 0.872. The van der Waals surface area contributed by atoms with Gasteiger partial charge in [-0.3, -0.25) is 4.90 Å². The maximum absolute atomic E-state index is 10.7. The smallest absolute Gasteiger partial charge is 0.328 e. The minimum atomic E-state index is -0.949. The number of carboxylic acids is 1. The lowest BCUT2D eigenvalue weighted by molar-refractivity contribution is -0.131. The van der Waals surface area contributed by atoms with Crippen molar-refractivity contribution in [3.8, 4) is 0 Å². The van der Waals surface area contributed by atoms with Crippen molar-refractivity contribution in [3.05, 3.63) is 34.9 Å². The van der Waals surface area contributed by atoms with E-state index in [-0.39, 0.29) is 5.54 Å². The molecule has 0 atom stereocenters. The van der Waals surface area contributed by atoms with Crippen LogP contribution in [0.1, 0.15) is 19.4 Å². The first-order chi connectivity index (χ1) is 9.79. The topological polar surface area (TPSA) is 43.8 Å². The van der Waals surface area contributed by atoms with Crippen molar-refractivity contribution in [2.24, 2.45) is 0 Å². The predicted octanol–water partition coefficient (Wildman–Crippen LogP) is 2.97. The van der Waals surface area contributed by atoms with Crippen LogP contribution in [0.2, 0.25) is 5.02 Å². The van der Waals surface area contributed by atoms with Crippen LogP contribution in [0.4, 0.5) is 5.69 Å². The molecule has 0 amide bonds. The summed E-state index contributed by atoms with van der Waals surface area (Å²) in [5.74, 6) is -0.949. The zero-order valence-corrected chi connectivity index (χ0v) is 13.4. The summed E-state index contributed by atoms with van der Waals surface area (Å²) in [6.07, 6.45) is 2.78. The van der Waals surface area contributed by atoms with Gasteiger partial charge in [0, 0.05) is 42.0 Å². The molecule has 1 aliphatic rings. The maximum atomic E-state index is 10.7. The van der Waals surface area contributed by atoms with Gasteiger partial charge in [0.25, 0.3) is 0 Å². The Bertz CT molecular complexity index is 569. The van der Waals surface area contributed by atoms with Crippen LogP contribution in [-0.4, -0.2) is 48.2 Å². The van der Waals surface area contributed by atoms with E-state index < -0.39 is 5.97 Å². The van der Waals surface area contributed by atoms with E-state index in [1.54, 1.807) is 12.1 Å². The number of aliphatic carboxylic acids is 1. The largest absolute Gasteiger partial charge is 0.478 e. The molecule has 1 aromatic carbocycles. The van der Waals surface area contributed by atoms with Gasteiger partial charge in [0.2, 0.25) is 0 Å². The fraction of sp³-hybridized carbons (Fsp3) is 0.438. The van der Waals surface area contributed by atoms with Crippen LogP contribution in [0.15, 0.2) is 24.3 Å². The molecule has 21 heavy (non-hydrogen) atoms. The Morgan fingerprint density at radius 2 is 2.10 bits per heavy atom. The Labute approximate surface area is 130 Å². The molecular weight excluding hydrogens is 288 g/mol. The lowest BCUT2D eigenvalue weighted by atomic mass is 9.98. The van der Waals surface area contributed by atoms with Gasteiger partial charge in [0.05, 0.1) is 0 Å². The zero-order valence-electron chi connectivity index (χ0n) is 12.6. The number of anilines is 1. The Morgan fingerprint density at radius 3 is 2.71 bits per heavy atom. The van der Waals surface area contributed by atoms with E-state index in [0.29, 0.717) is 5.02 Å². The van der Waals surface area contributed by atoms with Crippen molar-refractivity contribution in [1.82, 2.24) is 4.90 Å². The molecule has 0 unspecified atom stereocenters. The normalized spacial score (nSPS) is 19.1. The van der Waals surface area contributed by atoms with Crippen LogP contribution in [0.5, 0.6) is 0 Å². The number of carbonyl (C=O) groups is 1. The van der Waals surface area contributed by atoms with Crippen LogP contribution in [0.25, 0.3) is 6.08 Å². The number of hydrogen-bond acceptors (Lipinski definition) is 3. The highest BCUT2D eigenvalue weighted by Gasteiger charge is 2.31. The summed E-state index contributed by atoms with van der Waals surface area (Å²) >= 11 is 6.12. The standard InChI is InChI=1S/C16H21ClN2O2/c1-16(2)11-19(9-8-18(16)3)14-10-13(17)6-4-12(14)5-7-15(20)21/h4-7,10H,8-9,11H2,1-3H3,(H,20,21)/b7-5+. The van der Waals surface area contributed by atoms with Crippen LogP contribution < -0.4 is 4.90 Å². The third-order valence-corrected chi connectivity index (χ3v) is 4.29. The molecule has 0 bridgehead atoms. The first-order valence-electron chi connectivity index (χ1n) is 6.96. The third-order valence-electron chi connectivity index (χ3n) is 4.06. The number of nitrogens with zero attached hydrogens (tertiary/aromatic N) is 2. The zero-order chi connectivity index (χ0) is 15.6. The molecule has 5 heteroatoms. The predicted molar refractivity (Wildman–Crippen MR) is 87.0 cm³/mol. The summed E-state index contributed by atoms with van der Waals surface area (Å²) < 4.78 is 0. The highest BCUT2D eigenvalue weighted by Crippen LogP contribution is 2.30. The fourth-order valence-corrected chi connectivity index (χ4v) is 2.70. The summed E-state index contributed by atoms with van der Waals surface area (Å²) in [4.78, 5) is 15.3. The number of rotatable bonds is 3. The Morgan fingerprint density at radius 1 is 1.38 bits per heavy atom. The molecule has 1 saturated heterocycles. The van der Waals surface area contributed by atoms with Crippen molar-refractivity contribution >= 4 is 29.3 Å². The lowest BCUT2D eigenvalue weighted by Crippen LogP contribution is -2.57. The minimum absolute atomic E-state index is 0.0638. The molecule has 1 aromatic rings. The highest BCUT2D eigenvalue weighted by atomic mass is 35.5. The monoisotopic (exact) mass is 308 g/mol. The first-order valence-corrected chi connectivity index (χ1v) is 7.34. The molecular formula is C16H21ClN2O2. The second kappa shape index (κ2) is 6.08. The van der Waals surface area contributed by atoms with E-state index in [0.717, 1.165) is 37.0 Å². The van der Waals surface area contributed by atoms with Crippen molar-refractivity contribution in [2.45, 2.75) is 19.4 Å². The summed E-state index contributed by atoms with van der Waals surface area (Å²) in [7, 11) is 2.13. The molecule has 0 aliphatic carbocycles. The molecule has 4 nitrogen and oxygen atoms in total. The average molecular weight is 309 g/mol. The van der Waals surface area contributed by atoms with Gasteiger partial charge < -0.3 is 10.0 Å². The van der Waals surface area contributed by atoms with Gasteiger partial charge in [0.15, 0.2) is 0 Å². The highest BCUT2D eigenvalue weighted by molar-refractivity contribution is 6.31. The van der Waals surface area contributed by atoms with Crippen molar-refractivity contribution in [1.29, 1.82) is 0 Å². The number of benzene rings is 1.